The second-order valence-corrected chi connectivity index (χ2v) is 9.29. The summed E-state index contributed by atoms with van der Waals surface area (Å²) in [4.78, 5) is 22.9. The van der Waals surface area contributed by atoms with Crippen LogP contribution >= 0.6 is 46.1 Å². The van der Waals surface area contributed by atoms with Crippen LogP contribution in [0.5, 0.6) is 0 Å². The lowest BCUT2D eigenvalue weighted by molar-refractivity contribution is 0.0415. The lowest BCUT2D eigenvalue weighted by atomic mass is 10.1. The van der Waals surface area contributed by atoms with Crippen molar-refractivity contribution in [2.75, 3.05) is 23.3 Å². The van der Waals surface area contributed by atoms with Crippen molar-refractivity contribution in [1.29, 1.82) is 0 Å². The van der Waals surface area contributed by atoms with Crippen molar-refractivity contribution in [2.45, 2.75) is 25.5 Å². The van der Waals surface area contributed by atoms with Crippen LogP contribution < -0.4 is 10.2 Å². The number of carboxylic acid groups (broad SMARTS) is 1. The number of rotatable bonds is 5. The van der Waals surface area contributed by atoms with Gasteiger partial charge in [-0.3, -0.25) is 0 Å². The van der Waals surface area contributed by atoms with Crippen LogP contribution in [0.25, 0.3) is 10.2 Å². The van der Waals surface area contributed by atoms with Gasteiger partial charge >= 0.3 is 6.16 Å². The number of hydrogen-bond donors (Lipinski definition) is 2. The predicted molar refractivity (Wildman–Crippen MR) is 121 cm³/mol. The van der Waals surface area contributed by atoms with Crippen LogP contribution in [0.3, 0.4) is 0 Å². The van der Waals surface area contributed by atoms with E-state index in [1.54, 1.807) is 6.07 Å². The van der Waals surface area contributed by atoms with Crippen LogP contribution in [0.15, 0.2) is 24.3 Å². The van der Waals surface area contributed by atoms with E-state index in [0.29, 0.717) is 58.6 Å². The highest BCUT2D eigenvalue weighted by Crippen LogP contribution is 2.34. The summed E-state index contributed by atoms with van der Waals surface area (Å²) in [5.41, 5.74) is 0.964. The van der Waals surface area contributed by atoms with E-state index < -0.39 is 6.16 Å². The topological polar surface area (TPSA) is 87.6 Å². The van der Waals surface area contributed by atoms with Crippen LogP contribution in [0.2, 0.25) is 14.4 Å². The Bertz CT molecular complexity index is 1090. The van der Waals surface area contributed by atoms with Gasteiger partial charge in [0.25, 0.3) is 0 Å². The monoisotopic (exact) mass is 486 g/mol. The molecule has 1 aliphatic rings. The van der Waals surface area contributed by atoms with E-state index in [0.717, 1.165) is 15.8 Å². The molecule has 3 heterocycles. The van der Waals surface area contributed by atoms with E-state index in [2.05, 4.69) is 10.3 Å². The van der Waals surface area contributed by atoms with E-state index in [4.69, 9.17) is 49.6 Å². The number of nitrogens with one attached hydrogen (secondary N) is 1. The third-order valence-electron chi connectivity index (χ3n) is 4.79. The molecule has 0 spiro atoms. The maximum atomic E-state index is 10.7. The molecule has 30 heavy (non-hydrogen) atoms. The summed E-state index contributed by atoms with van der Waals surface area (Å²) in [6, 6.07) is 7.31. The predicted octanol–water partition coefficient (Wildman–Crippen LogP) is 5.93. The molecule has 158 valence electrons. The SMILES string of the molecule is O=C(O)OC1CCN(c2nc(NCc3ccc(Cl)c(Cl)c3)c3cc(Cl)sc3n2)CC1. The quantitative estimate of drug-likeness (QED) is 0.431. The highest BCUT2D eigenvalue weighted by molar-refractivity contribution is 7.22. The third kappa shape index (κ3) is 4.83. The summed E-state index contributed by atoms with van der Waals surface area (Å²) in [5, 5.41) is 14.0. The number of carbonyl (C=O) groups is 1. The molecule has 1 aliphatic heterocycles. The molecule has 1 fully saturated rings. The summed E-state index contributed by atoms with van der Waals surface area (Å²) in [6.45, 7) is 1.72. The number of ether oxygens (including phenoxy) is 1. The van der Waals surface area contributed by atoms with Gasteiger partial charge in [-0.25, -0.2) is 9.78 Å². The van der Waals surface area contributed by atoms with Gasteiger partial charge in [0.2, 0.25) is 5.95 Å². The molecule has 11 heteroatoms. The Labute approximate surface area is 191 Å². The normalized spacial score (nSPS) is 14.8. The molecule has 1 aromatic carbocycles. The minimum atomic E-state index is -1.24. The van der Waals surface area contributed by atoms with Gasteiger partial charge in [-0.05, 0) is 23.8 Å². The minimum absolute atomic E-state index is 0.300. The average Bonchev–Trinajstić information content (AvgIpc) is 3.09. The van der Waals surface area contributed by atoms with Gasteiger partial charge in [0.05, 0.1) is 19.8 Å². The zero-order valence-electron chi connectivity index (χ0n) is 15.6. The standard InChI is InChI=1S/C19H17Cl3N4O3S/c20-13-2-1-10(7-14(13)21)9-23-16-12-8-15(22)30-17(12)25-18(24-16)26-5-3-11(4-6-26)29-19(27)28/h1-2,7-8,11H,3-6,9H2,(H,27,28)(H,23,24,25). The average molecular weight is 488 g/mol. The van der Waals surface area contributed by atoms with Crippen LogP contribution in [0.4, 0.5) is 16.6 Å². The summed E-state index contributed by atoms with van der Waals surface area (Å²) >= 11 is 19.7. The number of hydrogen-bond acceptors (Lipinski definition) is 7. The maximum Gasteiger partial charge on any atom is 0.506 e. The summed E-state index contributed by atoms with van der Waals surface area (Å²) in [7, 11) is 0. The zero-order chi connectivity index (χ0) is 21.3. The minimum Gasteiger partial charge on any atom is -0.450 e. The molecule has 2 N–H and O–H groups in total. The Hall–Kier alpha value is -2.00. The Kier molecular flexibility index (Phi) is 6.38. The van der Waals surface area contributed by atoms with Crippen LogP contribution in [-0.2, 0) is 11.3 Å². The largest absolute Gasteiger partial charge is 0.506 e. The number of piperidine rings is 1. The van der Waals surface area contributed by atoms with Gasteiger partial charge in [-0.2, -0.15) is 4.98 Å². The van der Waals surface area contributed by atoms with Gasteiger partial charge in [0, 0.05) is 32.5 Å². The van der Waals surface area contributed by atoms with Crippen molar-refractivity contribution in [3.05, 3.63) is 44.2 Å². The molecule has 0 unspecified atom stereocenters. The van der Waals surface area contributed by atoms with Crippen LogP contribution in [0, 0.1) is 0 Å². The molecule has 7 nitrogen and oxygen atoms in total. The molecule has 0 bridgehead atoms. The highest BCUT2D eigenvalue weighted by Gasteiger charge is 2.25. The Morgan fingerprint density at radius 2 is 1.97 bits per heavy atom. The second kappa shape index (κ2) is 9.01. The van der Waals surface area contributed by atoms with Gasteiger partial charge in [0.1, 0.15) is 16.8 Å². The van der Waals surface area contributed by atoms with E-state index >= 15 is 0 Å². The van der Waals surface area contributed by atoms with E-state index in [9.17, 15) is 4.79 Å². The van der Waals surface area contributed by atoms with Gasteiger partial charge in [0.15, 0.2) is 0 Å². The summed E-state index contributed by atoms with van der Waals surface area (Å²) in [5.74, 6) is 1.25. The fraction of sp³-hybridized carbons (Fsp3) is 0.316. The summed E-state index contributed by atoms with van der Waals surface area (Å²) in [6.07, 6.45) is -0.366. The van der Waals surface area contributed by atoms with Crippen molar-refractivity contribution in [3.63, 3.8) is 0 Å². The van der Waals surface area contributed by atoms with Crippen molar-refractivity contribution in [2.24, 2.45) is 0 Å². The number of aromatic nitrogens is 2. The van der Waals surface area contributed by atoms with E-state index in [1.807, 2.05) is 23.1 Å². The first-order valence-electron chi connectivity index (χ1n) is 9.18. The molecule has 3 aromatic rings. The van der Waals surface area contributed by atoms with Crippen molar-refractivity contribution in [1.82, 2.24) is 9.97 Å². The van der Waals surface area contributed by atoms with Crippen molar-refractivity contribution >= 4 is 74.3 Å². The molecule has 0 radical (unpaired) electrons. The lowest BCUT2D eigenvalue weighted by Crippen LogP contribution is -2.38. The van der Waals surface area contributed by atoms with Gasteiger partial charge < -0.3 is 20.1 Å². The van der Waals surface area contributed by atoms with Gasteiger partial charge in [-0.1, -0.05) is 40.9 Å². The number of anilines is 2. The maximum absolute atomic E-state index is 10.7. The molecule has 0 amide bonds. The fourth-order valence-electron chi connectivity index (χ4n) is 3.31. The Balaban J connectivity index is 1.55. The molecule has 1 saturated heterocycles. The number of halogens is 3. The van der Waals surface area contributed by atoms with Crippen LogP contribution in [-0.4, -0.2) is 40.4 Å². The first-order valence-corrected chi connectivity index (χ1v) is 11.1. The first-order chi connectivity index (χ1) is 14.4. The smallest absolute Gasteiger partial charge is 0.450 e. The third-order valence-corrected chi connectivity index (χ3v) is 6.68. The Morgan fingerprint density at radius 3 is 2.67 bits per heavy atom. The number of thiophene rings is 1. The number of benzene rings is 1. The van der Waals surface area contributed by atoms with E-state index in [-0.39, 0.29) is 6.10 Å². The fourth-order valence-corrected chi connectivity index (χ4v) is 4.71. The Morgan fingerprint density at radius 1 is 1.20 bits per heavy atom. The molecular weight excluding hydrogens is 471 g/mol. The molecule has 0 saturated carbocycles. The molecule has 0 atom stereocenters. The molecule has 4 rings (SSSR count). The van der Waals surface area contributed by atoms with Gasteiger partial charge in [-0.15, -0.1) is 11.3 Å². The number of fused-ring (bicyclic) bond motifs is 1. The van der Waals surface area contributed by atoms with Crippen molar-refractivity contribution < 1.29 is 14.6 Å². The lowest BCUT2D eigenvalue weighted by Gasteiger charge is -2.31. The van der Waals surface area contributed by atoms with E-state index in [1.165, 1.54) is 11.3 Å². The molecule has 0 aliphatic carbocycles. The first kappa shape index (κ1) is 21.2. The second-order valence-electron chi connectivity index (χ2n) is 6.81. The summed E-state index contributed by atoms with van der Waals surface area (Å²) < 4.78 is 5.51. The molecular formula is C19H17Cl3N4O3S. The zero-order valence-corrected chi connectivity index (χ0v) is 18.7. The number of nitrogens with zero attached hydrogens (tertiary/aromatic N) is 3. The molecule has 2 aromatic heterocycles. The highest BCUT2D eigenvalue weighted by atomic mass is 35.5. The van der Waals surface area contributed by atoms with Crippen LogP contribution in [0.1, 0.15) is 18.4 Å². The van der Waals surface area contributed by atoms with Crippen molar-refractivity contribution in [3.8, 4) is 0 Å².